The lowest BCUT2D eigenvalue weighted by Crippen LogP contribution is -2.48. The molecular formula is C17H24FN3O5S. The zero-order chi connectivity index (χ0) is 20.0. The first-order chi connectivity index (χ1) is 12.7. The van der Waals surface area contributed by atoms with E-state index in [-0.39, 0.29) is 23.6 Å². The summed E-state index contributed by atoms with van der Waals surface area (Å²) in [5, 5.41) is 5.46. The van der Waals surface area contributed by atoms with Gasteiger partial charge in [0.15, 0.2) is 0 Å². The molecule has 0 aliphatic carbocycles. The van der Waals surface area contributed by atoms with E-state index in [1.54, 1.807) is 0 Å². The number of hydrogen-bond donors (Lipinski definition) is 2. The van der Waals surface area contributed by atoms with Gasteiger partial charge in [0.05, 0.1) is 0 Å². The van der Waals surface area contributed by atoms with Crippen molar-refractivity contribution in [2.24, 2.45) is 5.92 Å². The Hall–Kier alpha value is -2.36. The zero-order valence-electron chi connectivity index (χ0n) is 15.3. The second-order valence-electron chi connectivity index (χ2n) is 6.51. The smallest absolute Gasteiger partial charge is 0.358 e. The van der Waals surface area contributed by atoms with Crippen molar-refractivity contribution in [3.8, 4) is 5.75 Å². The van der Waals surface area contributed by atoms with Gasteiger partial charge in [0.1, 0.15) is 5.75 Å². The highest BCUT2D eigenvalue weighted by Gasteiger charge is 2.26. The second kappa shape index (κ2) is 9.03. The zero-order valence-corrected chi connectivity index (χ0v) is 16.1. The van der Waals surface area contributed by atoms with Crippen LogP contribution in [-0.4, -0.2) is 44.4 Å². The second-order valence-corrected chi connectivity index (χ2v) is 7.46. The number of hydrogen-bond acceptors (Lipinski definition) is 5. The molecule has 1 aromatic carbocycles. The Morgan fingerprint density at radius 3 is 2.37 bits per heavy atom. The van der Waals surface area contributed by atoms with Crippen molar-refractivity contribution in [1.82, 2.24) is 10.2 Å². The van der Waals surface area contributed by atoms with Gasteiger partial charge in [-0.1, -0.05) is 17.7 Å². The maximum Gasteiger partial charge on any atom is 0.488 e. The molecule has 8 nitrogen and oxygen atoms in total. The molecule has 10 heteroatoms. The molecule has 0 saturated carbocycles. The molecule has 2 N–H and O–H groups in total. The molecule has 0 bridgehead atoms. The third-order valence-corrected chi connectivity index (χ3v) is 4.88. The number of amides is 3. The summed E-state index contributed by atoms with van der Waals surface area (Å²) in [5.74, 6) is -0.0306. The van der Waals surface area contributed by atoms with Crippen LogP contribution in [0.2, 0.25) is 0 Å². The van der Waals surface area contributed by atoms with Gasteiger partial charge in [-0.2, -0.15) is 8.42 Å². The number of benzene rings is 1. The molecule has 1 saturated heterocycles. The van der Waals surface area contributed by atoms with Gasteiger partial charge in [0.25, 0.3) is 0 Å². The summed E-state index contributed by atoms with van der Waals surface area (Å²) in [6, 6.07) is 4.80. The van der Waals surface area contributed by atoms with Crippen molar-refractivity contribution in [3.63, 3.8) is 0 Å². The van der Waals surface area contributed by atoms with Gasteiger partial charge in [-0.25, -0.2) is 4.79 Å². The van der Waals surface area contributed by atoms with Gasteiger partial charge < -0.3 is 19.7 Å². The fourth-order valence-electron chi connectivity index (χ4n) is 2.79. The maximum absolute atomic E-state index is 12.4. The summed E-state index contributed by atoms with van der Waals surface area (Å²) in [6.45, 7) is 5.12. The van der Waals surface area contributed by atoms with Crippen LogP contribution in [0.1, 0.15) is 33.1 Å². The number of nitrogens with one attached hydrogen (secondary N) is 2. The minimum atomic E-state index is -5.08. The van der Waals surface area contributed by atoms with Crippen molar-refractivity contribution >= 4 is 28.1 Å². The van der Waals surface area contributed by atoms with Crippen LogP contribution in [-0.2, 0) is 15.3 Å². The molecule has 27 heavy (non-hydrogen) atoms. The Morgan fingerprint density at radius 1 is 1.26 bits per heavy atom. The lowest BCUT2D eigenvalue weighted by atomic mass is 10.0. The van der Waals surface area contributed by atoms with Crippen LogP contribution < -0.4 is 14.8 Å². The van der Waals surface area contributed by atoms with Crippen LogP contribution in [0.15, 0.2) is 24.3 Å². The van der Waals surface area contributed by atoms with Crippen LogP contribution in [0, 0.1) is 5.92 Å². The van der Waals surface area contributed by atoms with Crippen molar-refractivity contribution in [1.29, 1.82) is 0 Å². The lowest BCUT2D eigenvalue weighted by molar-refractivity contribution is -0.136. The highest BCUT2D eigenvalue weighted by molar-refractivity contribution is 7.81. The highest BCUT2D eigenvalue weighted by Crippen LogP contribution is 2.18. The Kier molecular flexibility index (Phi) is 7.00. The predicted molar refractivity (Wildman–Crippen MR) is 98.3 cm³/mol. The monoisotopic (exact) mass is 401 g/mol. The maximum atomic E-state index is 12.4. The van der Waals surface area contributed by atoms with Gasteiger partial charge in [0.2, 0.25) is 5.91 Å². The fraction of sp³-hybridized carbons (Fsp3) is 0.529. The molecule has 0 spiro atoms. The van der Waals surface area contributed by atoms with Crippen molar-refractivity contribution in [3.05, 3.63) is 24.3 Å². The van der Waals surface area contributed by atoms with E-state index in [0.717, 1.165) is 6.42 Å². The Balaban J connectivity index is 1.79. The Morgan fingerprint density at radius 2 is 1.85 bits per heavy atom. The molecule has 2 rings (SSSR count). The topological polar surface area (TPSA) is 105 Å². The number of urea groups is 1. The quantitative estimate of drug-likeness (QED) is 0.713. The minimum absolute atomic E-state index is 0.0112. The number of halogens is 1. The van der Waals surface area contributed by atoms with Crippen molar-refractivity contribution < 1.29 is 26.1 Å². The van der Waals surface area contributed by atoms with E-state index in [2.05, 4.69) is 14.8 Å². The van der Waals surface area contributed by atoms with Crippen LogP contribution in [0.5, 0.6) is 5.75 Å². The summed E-state index contributed by atoms with van der Waals surface area (Å²) in [6.07, 6.45) is 2.16. The number of carbonyl (C=O) groups is 2. The van der Waals surface area contributed by atoms with Crippen LogP contribution in [0.4, 0.5) is 14.4 Å². The molecule has 3 amide bonds. The normalized spacial score (nSPS) is 16.5. The molecule has 1 fully saturated rings. The van der Waals surface area contributed by atoms with Gasteiger partial charge in [-0.3, -0.25) is 4.79 Å². The third-order valence-electron chi connectivity index (χ3n) is 4.48. The SMILES string of the molecule is CC[C@H](C)C(=O)N1CCC(NC(=O)Nc2ccc(OS(=O)(=O)F)cc2)CC1. The number of likely N-dealkylation sites (tertiary alicyclic amines) is 1. The molecule has 0 radical (unpaired) electrons. The van der Waals surface area contributed by atoms with E-state index >= 15 is 0 Å². The first kappa shape index (κ1) is 20.9. The molecule has 1 atom stereocenters. The number of carbonyl (C=O) groups excluding carboxylic acids is 2. The van der Waals surface area contributed by atoms with E-state index in [1.165, 1.54) is 24.3 Å². The van der Waals surface area contributed by atoms with Crippen molar-refractivity contribution in [2.75, 3.05) is 18.4 Å². The van der Waals surface area contributed by atoms with Gasteiger partial charge >= 0.3 is 16.5 Å². The molecule has 150 valence electrons. The fourth-order valence-corrected chi connectivity index (χ4v) is 3.13. The standard InChI is InChI=1S/C17H24FN3O5S/c1-3-12(2)16(22)21-10-8-14(9-11-21)20-17(23)19-13-4-6-15(7-5-13)26-27(18,24)25/h4-7,12,14H,3,8-11H2,1-2H3,(H2,19,20,23)/t12-/m0/s1. The van der Waals surface area contributed by atoms with E-state index in [0.29, 0.717) is 31.6 Å². The largest absolute Gasteiger partial charge is 0.488 e. The summed E-state index contributed by atoms with van der Waals surface area (Å²) >= 11 is 0. The Bertz CT molecular complexity index is 761. The number of rotatable bonds is 6. The summed E-state index contributed by atoms with van der Waals surface area (Å²) in [7, 11) is -5.08. The van der Waals surface area contributed by atoms with E-state index < -0.39 is 16.5 Å². The number of nitrogens with zero attached hydrogens (tertiary/aromatic N) is 1. The minimum Gasteiger partial charge on any atom is -0.358 e. The first-order valence-electron chi connectivity index (χ1n) is 8.78. The van der Waals surface area contributed by atoms with Gasteiger partial charge in [-0.05, 0) is 43.5 Å². The summed E-state index contributed by atoms with van der Waals surface area (Å²) < 4.78 is 37.3. The van der Waals surface area contributed by atoms with Crippen molar-refractivity contribution in [2.45, 2.75) is 39.2 Å². The predicted octanol–water partition coefficient (Wildman–Crippen LogP) is 2.44. The van der Waals surface area contributed by atoms with Gasteiger partial charge in [0, 0.05) is 30.7 Å². The number of piperidine rings is 1. The molecule has 0 aromatic heterocycles. The molecule has 1 heterocycles. The van der Waals surface area contributed by atoms with Crippen LogP contribution >= 0.6 is 0 Å². The van der Waals surface area contributed by atoms with E-state index in [9.17, 15) is 21.9 Å². The average molecular weight is 401 g/mol. The lowest BCUT2D eigenvalue weighted by Gasteiger charge is -2.33. The third kappa shape index (κ3) is 6.70. The molecule has 1 aliphatic heterocycles. The molecular weight excluding hydrogens is 377 g/mol. The van der Waals surface area contributed by atoms with Crippen LogP contribution in [0.3, 0.4) is 0 Å². The Labute approximate surface area is 158 Å². The van der Waals surface area contributed by atoms with E-state index in [4.69, 9.17) is 0 Å². The molecule has 1 aromatic rings. The summed E-state index contributed by atoms with van der Waals surface area (Å²) in [5.41, 5.74) is 0.403. The average Bonchev–Trinajstić information content (AvgIpc) is 2.61. The van der Waals surface area contributed by atoms with Gasteiger partial charge in [-0.15, -0.1) is 0 Å². The molecule has 0 unspecified atom stereocenters. The van der Waals surface area contributed by atoms with Crippen LogP contribution in [0.25, 0.3) is 0 Å². The molecule has 1 aliphatic rings. The number of anilines is 1. The highest BCUT2D eigenvalue weighted by atomic mass is 32.3. The van der Waals surface area contributed by atoms with E-state index in [1.807, 2.05) is 18.7 Å². The summed E-state index contributed by atoms with van der Waals surface area (Å²) in [4.78, 5) is 26.1. The first-order valence-corrected chi connectivity index (χ1v) is 10.1.